The molecule has 5 nitrogen and oxygen atoms in total. The van der Waals surface area contributed by atoms with Crippen LogP contribution >= 0.6 is 24.0 Å². The minimum absolute atomic E-state index is 0. The van der Waals surface area contributed by atoms with Crippen LogP contribution in [0.15, 0.2) is 63.4 Å². The Morgan fingerprint density at radius 2 is 1.87 bits per heavy atom. The SMILES string of the molecule is CC(C)c1cc2cc(Cl)cc(Cc3ccc(C(=O)Nc4ccccc4N)o3)c2o1.Cl. The fraction of sp³-hybridized carbons (Fsp3) is 0.174. The maximum absolute atomic E-state index is 12.5. The molecule has 156 valence electrons. The van der Waals surface area contributed by atoms with Crippen LogP contribution in [0.2, 0.25) is 5.02 Å². The molecule has 0 spiro atoms. The highest BCUT2D eigenvalue weighted by atomic mass is 35.5. The van der Waals surface area contributed by atoms with Crippen molar-refractivity contribution in [1.82, 2.24) is 0 Å². The van der Waals surface area contributed by atoms with E-state index < -0.39 is 0 Å². The summed E-state index contributed by atoms with van der Waals surface area (Å²) < 4.78 is 11.8. The Balaban J connectivity index is 0.00000256. The normalized spacial score (nSPS) is 10.9. The summed E-state index contributed by atoms with van der Waals surface area (Å²) in [5.74, 6) is 1.68. The number of para-hydroxylation sites is 2. The number of carbonyl (C=O) groups excluding carboxylic acids is 1. The van der Waals surface area contributed by atoms with E-state index in [1.807, 2.05) is 18.2 Å². The zero-order valence-corrected chi connectivity index (χ0v) is 18.1. The first-order valence-corrected chi connectivity index (χ1v) is 9.75. The van der Waals surface area contributed by atoms with Crippen molar-refractivity contribution in [3.63, 3.8) is 0 Å². The lowest BCUT2D eigenvalue weighted by Gasteiger charge is -2.06. The number of hydrogen-bond acceptors (Lipinski definition) is 4. The Hall–Kier alpha value is -2.89. The van der Waals surface area contributed by atoms with Crippen LogP contribution in [-0.2, 0) is 6.42 Å². The number of benzene rings is 2. The summed E-state index contributed by atoms with van der Waals surface area (Å²) in [6, 6.07) is 16.3. The average molecular weight is 445 g/mol. The molecule has 0 saturated carbocycles. The molecule has 30 heavy (non-hydrogen) atoms. The number of nitrogens with one attached hydrogen (secondary N) is 1. The van der Waals surface area contributed by atoms with Crippen molar-refractivity contribution in [2.45, 2.75) is 26.2 Å². The van der Waals surface area contributed by atoms with Crippen LogP contribution < -0.4 is 11.1 Å². The Bertz CT molecular complexity index is 1190. The lowest BCUT2D eigenvalue weighted by Crippen LogP contribution is -2.12. The fourth-order valence-corrected chi connectivity index (χ4v) is 3.45. The van der Waals surface area contributed by atoms with Gasteiger partial charge in [-0.1, -0.05) is 37.6 Å². The molecule has 0 bridgehead atoms. The van der Waals surface area contributed by atoms with Crippen LogP contribution in [0.1, 0.15) is 47.4 Å². The number of anilines is 2. The van der Waals surface area contributed by atoms with Gasteiger partial charge in [-0.2, -0.15) is 0 Å². The van der Waals surface area contributed by atoms with Crippen LogP contribution in [0.4, 0.5) is 11.4 Å². The molecule has 0 unspecified atom stereocenters. The highest BCUT2D eigenvalue weighted by molar-refractivity contribution is 6.31. The number of nitrogens with two attached hydrogens (primary N) is 1. The minimum Gasteiger partial charge on any atom is -0.461 e. The Morgan fingerprint density at radius 1 is 1.10 bits per heavy atom. The number of halogens is 2. The summed E-state index contributed by atoms with van der Waals surface area (Å²) >= 11 is 6.29. The number of nitrogen functional groups attached to an aromatic ring is 1. The van der Waals surface area contributed by atoms with Gasteiger partial charge in [-0.25, -0.2) is 0 Å². The number of carbonyl (C=O) groups is 1. The maximum Gasteiger partial charge on any atom is 0.291 e. The molecule has 0 aliphatic rings. The fourth-order valence-electron chi connectivity index (χ4n) is 3.20. The van der Waals surface area contributed by atoms with Crippen molar-refractivity contribution in [3.8, 4) is 0 Å². The van der Waals surface area contributed by atoms with Gasteiger partial charge in [-0.15, -0.1) is 12.4 Å². The number of fused-ring (bicyclic) bond motifs is 1. The molecular formula is C23H22Cl2N2O3. The highest BCUT2D eigenvalue weighted by Gasteiger charge is 2.16. The predicted molar refractivity (Wildman–Crippen MR) is 123 cm³/mol. The van der Waals surface area contributed by atoms with Crippen LogP contribution in [0.3, 0.4) is 0 Å². The van der Waals surface area contributed by atoms with E-state index in [0.29, 0.717) is 28.6 Å². The Kier molecular flexibility index (Phi) is 6.44. The first-order chi connectivity index (χ1) is 13.9. The Labute approximate surface area is 185 Å². The van der Waals surface area contributed by atoms with E-state index in [9.17, 15) is 4.79 Å². The minimum atomic E-state index is -0.356. The molecule has 2 aromatic heterocycles. The van der Waals surface area contributed by atoms with Gasteiger partial charge in [-0.3, -0.25) is 4.79 Å². The summed E-state index contributed by atoms with van der Waals surface area (Å²) in [6.45, 7) is 4.16. The summed E-state index contributed by atoms with van der Waals surface area (Å²) in [7, 11) is 0. The third kappa shape index (κ3) is 4.48. The number of amides is 1. The van der Waals surface area contributed by atoms with E-state index in [2.05, 4.69) is 19.2 Å². The van der Waals surface area contributed by atoms with Gasteiger partial charge in [0.1, 0.15) is 17.1 Å². The zero-order valence-electron chi connectivity index (χ0n) is 16.6. The van der Waals surface area contributed by atoms with E-state index >= 15 is 0 Å². The monoisotopic (exact) mass is 444 g/mol. The Morgan fingerprint density at radius 3 is 2.60 bits per heavy atom. The van der Waals surface area contributed by atoms with Gasteiger partial charge in [0.05, 0.1) is 11.4 Å². The molecule has 2 heterocycles. The third-order valence-corrected chi connectivity index (χ3v) is 4.92. The smallest absolute Gasteiger partial charge is 0.291 e. The van der Waals surface area contributed by atoms with Crippen molar-refractivity contribution in [2.75, 3.05) is 11.1 Å². The zero-order chi connectivity index (χ0) is 20.5. The van der Waals surface area contributed by atoms with E-state index in [1.54, 1.807) is 36.4 Å². The lowest BCUT2D eigenvalue weighted by atomic mass is 10.1. The quantitative estimate of drug-likeness (QED) is 0.337. The first kappa shape index (κ1) is 21.8. The third-order valence-electron chi connectivity index (χ3n) is 4.71. The van der Waals surface area contributed by atoms with Gasteiger partial charge in [0.25, 0.3) is 5.91 Å². The highest BCUT2D eigenvalue weighted by Crippen LogP contribution is 2.32. The van der Waals surface area contributed by atoms with Crippen LogP contribution in [0.25, 0.3) is 11.0 Å². The summed E-state index contributed by atoms with van der Waals surface area (Å²) in [4.78, 5) is 12.5. The van der Waals surface area contributed by atoms with E-state index in [-0.39, 0.29) is 30.0 Å². The molecule has 2 aromatic carbocycles. The maximum atomic E-state index is 12.5. The molecule has 0 aliphatic heterocycles. The summed E-state index contributed by atoms with van der Waals surface area (Å²) in [6.07, 6.45) is 0.461. The largest absolute Gasteiger partial charge is 0.461 e. The molecule has 7 heteroatoms. The second kappa shape index (κ2) is 8.86. The van der Waals surface area contributed by atoms with Crippen LogP contribution in [0.5, 0.6) is 0 Å². The second-order valence-corrected chi connectivity index (χ2v) is 7.71. The molecule has 3 N–H and O–H groups in total. The summed E-state index contributed by atoms with van der Waals surface area (Å²) in [5, 5.41) is 4.35. The van der Waals surface area contributed by atoms with Crippen molar-refractivity contribution in [3.05, 3.63) is 82.5 Å². The van der Waals surface area contributed by atoms with Gasteiger partial charge in [-0.05, 0) is 42.5 Å². The average Bonchev–Trinajstić information content (AvgIpc) is 3.30. The molecule has 4 aromatic rings. The van der Waals surface area contributed by atoms with Gasteiger partial charge < -0.3 is 19.9 Å². The predicted octanol–water partition coefficient (Wildman–Crippen LogP) is 6.65. The van der Waals surface area contributed by atoms with E-state index in [4.69, 9.17) is 26.2 Å². The number of rotatable bonds is 5. The number of furan rings is 2. The van der Waals surface area contributed by atoms with Crippen LogP contribution in [0, 0.1) is 0 Å². The molecule has 0 radical (unpaired) electrons. The molecular weight excluding hydrogens is 423 g/mol. The summed E-state index contributed by atoms with van der Waals surface area (Å²) in [5.41, 5.74) is 8.61. The van der Waals surface area contributed by atoms with Crippen molar-refractivity contribution < 1.29 is 13.6 Å². The van der Waals surface area contributed by atoms with Crippen molar-refractivity contribution in [2.24, 2.45) is 0 Å². The molecule has 0 saturated heterocycles. The van der Waals surface area contributed by atoms with E-state index in [0.717, 1.165) is 22.3 Å². The van der Waals surface area contributed by atoms with Gasteiger partial charge in [0, 0.05) is 28.3 Å². The molecule has 0 aliphatic carbocycles. The van der Waals surface area contributed by atoms with Crippen LogP contribution in [-0.4, -0.2) is 5.91 Å². The standard InChI is InChI=1S/C23H21ClN2O3.ClH/c1-13(2)21-12-15-10-16(24)9-14(22(15)29-21)11-17-7-8-20(28-17)23(27)26-19-6-4-3-5-18(19)25;/h3-10,12-13H,11,25H2,1-2H3,(H,26,27);1H. The molecule has 1 amide bonds. The lowest BCUT2D eigenvalue weighted by molar-refractivity contribution is 0.0995. The van der Waals surface area contributed by atoms with Gasteiger partial charge in [0.2, 0.25) is 0 Å². The molecule has 0 atom stereocenters. The molecule has 4 rings (SSSR count). The van der Waals surface area contributed by atoms with Gasteiger partial charge in [0.15, 0.2) is 5.76 Å². The topological polar surface area (TPSA) is 81.4 Å². The second-order valence-electron chi connectivity index (χ2n) is 7.27. The van der Waals surface area contributed by atoms with Gasteiger partial charge >= 0.3 is 0 Å². The van der Waals surface area contributed by atoms with Crippen molar-refractivity contribution in [1.29, 1.82) is 0 Å². The molecule has 0 fully saturated rings. The van der Waals surface area contributed by atoms with Crippen molar-refractivity contribution >= 4 is 52.3 Å². The first-order valence-electron chi connectivity index (χ1n) is 9.37. The van der Waals surface area contributed by atoms with E-state index in [1.165, 1.54) is 0 Å². The number of hydrogen-bond donors (Lipinski definition) is 2.